The van der Waals surface area contributed by atoms with Crippen LogP contribution in [0.3, 0.4) is 0 Å². The van der Waals surface area contributed by atoms with Crippen molar-refractivity contribution in [2.24, 2.45) is 0 Å². The van der Waals surface area contributed by atoms with Gasteiger partial charge < -0.3 is 5.11 Å². The molecule has 0 amide bonds. The molecule has 1 N–H and O–H groups in total. The van der Waals surface area contributed by atoms with Crippen molar-refractivity contribution in [1.82, 2.24) is 0 Å². The first-order chi connectivity index (χ1) is 7.80. The van der Waals surface area contributed by atoms with Crippen molar-refractivity contribution >= 4 is 11.8 Å². The largest absolute Gasteiger partial charge is 0.415 e. The predicted octanol–water partition coefficient (Wildman–Crippen LogP) is 3.83. The van der Waals surface area contributed by atoms with Crippen molar-refractivity contribution in [3.8, 4) is 0 Å². The van der Waals surface area contributed by atoms with E-state index in [0.717, 1.165) is 22.2 Å². The average molecular weight is 264 g/mol. The number of alkyl halides is 3. The molecule has 0 fully saturated rings. The second-order valence-electron chi connectivity index (χ2n) is 4.09. The molecule has 0 aliphatic rings. The van der Waals surface area contributed by atoms with E-state index < -0.39 is 12.3 Å². The zero-order chi connectivity index (χ0) is 13.1. The highest BCUT2D eigenvalue weighted by Gasteiger charge is 2.37. The molecule has 1 atom stereocenters. The summed E-state index contributed by atoms with van der Waals surface area (Å²) in [6.07, 6.45) is -6.80. The summed E-state index contributed by atoms with van der Waals surface area (Å²) in [5.41, 5.74) is 1.14. The number of rotatable bonds is 4. The highest BCUT2D eigenvalue weighted by Crippen LogP contribution is 2.27. The van der Waals surface area contributed by atoms with Crippen molar-refractivity contribution in [3.63, 3.8) is 0 Å². The molecular weight excluding hydrogens is 249 g/mol. The third kappa shape index (κ3) is 4.60. The van der Waals surface area contributed by atoms with Crippen LogP contribution >= 0.6 is 11.8 Å². The van der Waals surface area contributed by atoms with Gasteiger partial charge in [0.25, 0.3) is 0 Å². The lowest BCUT2D eigenvalue weighted by Gasteiger charge is -2.14. The van der Waals surface area contributed by atoms with E-state index in [1.807, 2.05) is 12.1 Å². The second kappa shape index (κ2) is 5.78. The fourth-order valence-corrected chi connectivity index (χ4v) is 2.09. The number of halogens is 3. The SMILES string of the molecule is CC(C)c1ccc(SCC(O)C(F)(F)F)cc1. The Morgan fingerprint density at radius 3 is 2.12 bits per heavy atom. The maximum absolute atomic E-state index is 12.1. The quantitative estimate of drug-likeness (QED) is 0.834. The van der Waals surface area contributed by atoms with Gasteiger partial charge in [0.05, 0.1) is 0 Å². The number of aliphatic hydroxyl groups is 1. The lowest BCUT2D eigenvalue weighted by molar-refractivity contribution is -0.195. The molecule has 1 unspecified atom stereocenters. The average Bonchev–Trinajstić information content (AvgIpc) is 2.25. The minimum atomic E-state index is -4.54. The Morgan fingerprint density at radius 2 is 1.71 bits per heavy atom. The molecule has 1 aromatic carbocycles. The number of hydrogen-bond donors (Lipinski definition) is 1. The summed E-state index contributed by atoms with van der Waals surface area (Å²) in [6.45, 7) is 4.10. The number of aliphatic hydroxyl groups excluding tert-OH is 1. The van der Waals surface area contributed by atoms with Crippen LogP contribution in [-0.4, -0.2) is 23.1 Å². The van der Waals surface area contributed by atoms with Crippen LogP contribution in [0.25, 0.3) is 0 Å². The Morgan fingerprint density at radius 1 is 1.18 bits per heavy atom. The molecular formula is C12H15F3OS. The fourth-order valence-electron chi connectivity index (χ4n) is 1.22. The second-order valence-corrected chi connectivity index (χ2v) is 5.19. The maximum Gasteiger partial charge on any atom is 0.415 e. The third-order valence-electron chi connectivity index (χ3n) is 2.33. The van der Waals surface area contributed by atoms with Crippen LogP contribution in [0.5, 0.6) is 0 Å². The van der Waals surface area contributed by atoms with Crippen LogP contribution in [-0.2, 0) is 0 Å². The van der Waals surface area contributed by atoms with E-state index in [9.17, 15) is 13.2 Å². The van der Waals surface area contributed by atoms with Gasteiger partial charge in [-0.2, -0.15) is 13.2 Å². The molecule has 1 rings (SSSR count). The number of thioether (sulfide) groups is 1. The van der Waals surface area contributed by atoms with Crippen LogP contribution in [0.15, 0.2) is 29.2 Å². The molecule has 0 saturated heterocycles. The Bertz CT molecular complexity index is 346. The molecule has 17 heavy (non-hydrogen) atoms. The van der Waals surface area contributed by atoms with E-state index in [4.69, 9.17) is 5.11 Å². The van der Waals surface area contributed by atoms with Gasteiger partial charge in [-0.1, -0.05) is 26.0 Å². The number of hydrogen-bond acceptors (Lipinski definition) is 2. The van der Waals surface area contributed by atoms with E-state index >= 15 is 0 Å². The number of benzene rings is 1. The normalized spacial score (nSPS) is 14.1. The molecule has 96 valence electrons. The van der Waals surface area contributed by atoms with E-state index in [-0.39, 0.29) is 5.75 Å². The maximum atomic E-state index is 12.1. The van der Waals surface area contributed by atoms with Crippen LogP contribution in [0.4, 0.5) is 13.2 Å². The highest BCUT2D eigenvalue weighted by molar-refractivity contribution is 7.99. The van der Waals surface area contributed by atoms with Gasteiger partial charge in [0.1, 0.15) is 0 Å². The molecule has 0 aliphatic heterocycles. The molecule has 1 nitrogen and oxygen atoms in total. The first-order valence-corrected chi connectivity index (χ1v) is 6.27. The van der Waals surface area contributed by atoms with Gasteiger partial charge in [0.2, 0.25) is 0 Å². The summed E-state index contributed by atoms with van der Waals surface area (Å²) < 4.78 is 36.2. The van der Waals surface area contributed by atoms with Crippen molar-refractivity contribution < 1.29 is 18.3 Å². The van der Waals surface area contributed by atoms with Gasteiger partial charge in [0, 0.05) is 10.6 Å². The first-order valence-electron chi connectivity index (χ1n) is 5.28. The lowest BCUT2D eigenvalue weighted by Crippen LogP contribution is -2.30. The summed E-state index contributed by atoms with van der Waals surface area (Å²) in [5, 5.41) is 8.84. The third-order valence-corrected chi connectivity index (χ3v) is 3.42. The Labute approximate surface area is 103 Å². The zero-order valence-electron chi connectivity index (χ0n) is 9.66. The van der Waals surface area contributed by atoms with Crippen molar-refractivity contribution in [3.05, 3.63) is 29.8 Å². The van der Waals surface area contributed by atoms with Gasteiger partial charge in [-0.15, -0.1) is 11.8 Å². The summed E-state index contributed by atoms with van der Waals surface area (Å²) >= 11 is 1.01. The van der Waals surface area contributed by atoms with E-state index in [1.54, 1.807) is 12.1 Å². The van der Waals surface area contributed by atoms with Crippen molar-refractivity contribution in [2.75, 3.05) is 5.75 Å². The zero-order valence-corrected chi connectivity index (χ0v) is 10.5. The van der Waals surface area contributed by atoms with Gasteiger partial charge in [-0.25, -0.2) is 0 Å². The summed E-state index contributed by atoms with van der Waals surface area (Å²) in [6, 6.07) is 7.35. The molecule has 0 bridgehead atoms. The van der Waals surface area contributed by atoms with Crippen molar-refractivity contribution in [1.29, 1.82) is 0 Å². The minimum absolute atomic E-state index is 0.371. The predicted molar refractivity (Wildman–Crippen MR) is 63.3 cm³/mol. The molecule has 0 saturated carbocycles. The Hall–Kier alpha value is -0.680. The van der Waals surface area contributed by atoms with Gasteiger partial charge in [0.15, 0.2) is 6.10 Å². The Kier molecular flexibility index (Phi) is 4.89. The van der Waals surface area contributed by atoms with Crippen LogP contribution < -0.4 is 0 Å². The van der Waals surface area contributed by atoms with Crippen LogP contribution in [0, 0.1) is 0 Å². The van der Waals surface area contributed by atoms with Gasteiger partial charge in [-0.05, 0) is 23.6 Å². The fraction of sp³-hybridized carbons (Fsp3) is 0.500. The molecule has 5 heteroatoms. The van der Waals surface area contributed by atoms with E-state index in [2.05, 4.69) is 13.8 Å². The molecule has 0 radical (unpaired) electrons. The minimum Gasteiger partial charge on any atom is -0.383 e. The topological polar surface area (TPSA) is 20.2 Å². The summed E-state index contributed by atoms with van der Waals surface area (Å²) in [4.78, 5) is 0.734. The van der Waals surface area contributed by atoms with Gasteiger partial charge in [-0.3, -0.25) is 0 Å². The summed E-state index contributed by atoms with van der Waals surface area (Å²) in [7, 11) is 0. The monoisotopic (exact) mass is 264 g/mol. The van der Waals surface area contributed by atoms with Crippen LogP contribution in [0.1, 0.15) is 25.3 Å². The standard InChI is InChI=1S/C12H15F3OS/c1-8(2)9-3-5-10(6-4-9)17-7-11(16)12(13,14)15/h3-6,8,11,16H,7H2,1-2H3. The van der Waals surface area contributed by atoms with Gasteiger partial charge >= 0.3 is 6.18 Å². The molecule has 1 aromatic rings. The first kappa shape index (κ1) is 14.4. The Balaban J connectivity index is 2.53. The van der Waals surface area contributed by atoms with E-state index in [0.29, 0.717) is 5.92 Å². The summed E-state index contributed by atoms with van der Waals surface area (Å²) in [5.74, 6) is 0.0275. The highest BCUT2D eigenvalue weighted by atomic mass is 32.2. The molecule has 0 heterocycles. The lowest BCUT2D eigenvalue weighted by atomic mass is 10.0. The van der Waals surface area contributed by atoms with E-state index in [1.165, 1.54) is 0 Å². The molecule has 0 aliphatic carbocycles. The molecule has 0 spiro atoms. The smallest absolute Gasteiger partial charge is 0.383 e. The van der Waals surface area contributed by atoms with Crippen molar-refractivity contribution in [2.45, 2.75) is 36.9 Å². The molecule has 0 aromatic heterocycles. The van der Waals surface area contributed by atoms with Crippen LogP contribution in [0.2, 0.25) is 0 Å².